The third-order valence-corrected chi connectivity index (χ3v) is 7.27. The molecule has 4 heteroatoms. The number of hydrogen-bond acceptors (Lipinski definition) is 3. The quantitative estimate of drug-likeness (QED) is 0.587. The summed E-state index contributed by atoms with van der Waals surface area (Å²) in [5.74, 6) is 3.95. The Kier molecular flexibility index (Phi) is 6.82. The monoisotopic (exact) mass is 410 g/mol. The molecule has 2 bridgehead atoms. The highest BCUT2D eigenvalue weighted by Gasteiger charge is 2.41. The summed E-state index contributed by atoms with van der Waals surface area (Å²) in [5.41, 5.74) is 1.26. The Labute approximate surface area is 182 Å². The van der Waals surface area contributed by atoms with Gasteiger partial charge in [-0.2, -0.15) is 0 Å². The summed E-state index contributed by atoms with van der Waals surface area (Å²) >= 11 is 0. The molecule has 1 aromatic rings. The van der Waals surface area contributed by atoms with Gasteiger partial charge in [-0.3, -0.25) is 9.69 Å². The van der Waals surface area contributed by atoms with Crippen LogP contribution in [0.1, 0.15) is 45.1 Å². The lowest BCUT2D eigenvalue weighted by Crippen LogP contribution is -2.45. The first-order valence-corrected chi connectivity index (χ1v) is 11.8. The Bertz CT molecular complexity index is 751. The van der Waals surface area contributed by atoms with Crippen molar-refractivity contribution in [3.05, 3.63) is 42.0 Å². The minimum Gasteiger partial charge on any atom is -0.496 e. The first-order chi connectivity index (χ1) is 14.5. The van der Waals surface area contributed by atoms with Crippen LogP contribution in [0.25, 0.3) is 0 Å². The number of piperidine rings is 1. The van der Waals surface area contributed by atoms with E-state index in [9.17, 15) is 4.79 Å². The van der Waals surface area contributed by atoms with Gasteiger partial charge in [-0.05, 0) is 68.5 Å². The van der Waals surface area contributed by atoms with E-state index in [1.54, 1.807) is 7.11 Å². The van der Waals surface area contributed by atoms with Crippen molar-refractivity contribution in [2.75, 3.05) is 33.3 Å². The van der Waals surface area contributed by atoms with Gasteiger partial charge in [0.25, 0.3) is 0 Å². The molecule has 1 aromatic carbocycles. The summed E-state index contributed by atoms with van der Waals surface area (Å²) in [6.45, 7) is 9.46. The van der Waals surface area contributed by atoms with Gasteiger partial charge in [0.15, 0.2) is 0 Å². The highest BCUT2D eigenvalue weighted by molar-refractivity contribution is 5.80. The summed E-state index contributed by atoms with van der Waals surface area (Å²) in [7, 11) is 1.75. The maximum Gasteiger partial charge on any atom is 0.226 e. The number of hydrogen-bond donors (Lipinski definition) is 0. The van der Waals surface area contributed by atoms with Crippen LogP contribution in [0.2, 0.25) is 0 Å². The zero-order valence-corrected chi connectivity index (χ0v) is 18.9. The van der Waals surface area contributed by atoms with Crippen molar-refractivity contribution in [3.63, 3.8) is 0 Å². The summed E-state index contributed by atoms with van der Waals surface area (Å²) < 4.78 is 5.52. The second kappa shape index (κ2) is 9.55. The summed E-state index contributed by atoms with van der Waals surface area (Å²) in [5, 5.41) is 0. The lowest BCUT2D eigenvalue weighted by molar-refractivity contribution is -0.137. The number of ether oxygens (including phenoxy) is 1. The predicted octanol–water partition coefficient (Wildman–Crippen LogP) is 4.60. The topological polar surface area (TPSA) is 32.8 Å². The number of fused-ring (bicyclic) bond motifs is 2. The fourth-order valence-corrected chi connectivity index (χ4v) is 5.71. The summed E-state index contributed by atoms with van der Waals surface area (Å²) in [6.07, 6.45) is 9.26. The van der Waals surface area contributed by atoms with Gasteiger partial charge < -0.3 is 9.64 Å². The van der Waals surface area contributed by atoms with Crippen molar-refractivity contribution < 1.29 is 9.53 Å². The molecule has 0 unspecified atom stereocenters. The molecule has 1 amide bonds. The van der Waals surface area contributed by atoms with Gasteiger partial charge in [-0.1, -0.05) is 44.2 Å². The molecule has 30 heavy (non-hydrogen) atoms. The third-order valence-electron chi connectivity index (χ3n) is 7.27. The van der Waals surface area contributed by atoms with Crippen molar-refractivity contribution in [1.29, 1.82) is 0 Å². The second-order valence-electron chi connectivity index (χ2n) is 10.1. The summed E-state index contributed by atoms with van der Waals surface area (Å²) in [6, 6.07) is 8.33. The summed E-state index contributed by atoms with van der Waals surface area (Å²) in [4.78, 5) is 18.1. The van der Waals surface area contributed by atoms with E-state index >= 15 is 0 Å². The minimum absolute atomic E-state index is 0.240. The molecule has 0 aromatic heterocycles. The average Bonchev–Trinajstić information content (AvgIpc) is 3.38. The Hall–Kier alpha value is -1.81. The molecule has 4 nitrogen and oxygen atoms in total. The van der Waals surface area contributed by atoms with E-state index in [1.807, 2.05) is 12.1 Å². The van der Waals surface area contributed by atoms with Gasteiger partial charge in [-0.25, -0.2) is 0 Å². The molecular weight excluding hydrogens is 372 g/mol. The van der Waals surface area contributed by atoms with Crippen molar-refractivity contribution >= 4 is 5.91 Å². The van der Waals surface area contributed by atoms with E-state index < -0.39 is 0 Å². The van der Waals surface area contributed by atoms with Crippen LogP contribution in [0.15, 0.2) is 36.4 Å². The zero-order chi connectivity index (χ0) is 21.1. The van der Waals surface area contributed by atoms with Crippen LogP contribution in [-0.2, 0) is 11.3 Å². The molecule has 3 atom stereocenters. The molecular formula is C26H38N2O2. The molecule has 3 aliphatic rings. The molecule has 1 aliphatic heterocycles. The lowest BCUT2D eigenvalue weighted by atomic mass is 9.90. The molecule has 2 aliphatic carbocycles. The number of carbonyl (C=O) groups is 1. The molecule has 0 radical (unpaired) electrons. The molecule has 0 spiro atoms. The molecule has 1 heterocycles. The van der Waals surface area contributed by atoms with Gasteiger partial charge in [0.2, 0.25) is 5.91 Å². The van der Waals surface area contributed by atoms with Gasteiger partial charge in [0.1, 0.15) is 5.75 Å². The van der Waals surface area contributed by atoms with Gasteiger partial charge >= 0.3 is 0 Å². The van der Waals surface area contributed by atoms with Crippen molar-refractivity contribution in [1.82, 2.24) is 9.80 Å². The van der Waals surface area contributed by atoms with Crippen molar-refractivity contribution in [2.24, 2.45) is 29.6 Å². The normalized spacial score (nSPS) is 26.5. The number of carbonyl (C=O) groups excluding carboxylic acids is 1. The fraction of sp³-hybridized carbons (Fsp3) is 0.654. The van der Waals surface area contributed by atoms with Crippen LogP contribution in [0, 0.1) is 29.6 Å². The van der Waals surface area contributed by atoms with E-state index in [1.165, 1.54) is 24.8 Å². The number of nitrogens with zero attached hydrogens (tertiary/aromatic N) is 2. The standard InChI is InChI=1S/C26H38N2O2/c1-19(2)16-28(26(29)24-15-21-8-9-22(24)14-21)17-20-10-12-27(13-11-20)18-23-6-4-5-7-25(23)30-3/h4-9,19-22,24H,10-18H2,1-3H3/t21-,22+,24+/m1/s1. The molecule has 0 N–H and O–H groups in total. The fourth-order valence-electron chi connectivity index (χ4n) is 5.71. The highest BCUT2D eigenvalue weighted by atomic mass is 16.5. The highest BCUT2D eigenvalue weighted by Crippen LogP contribution is 2.44. The van der Waals surface area contributed by atoms with E-state index in [2.05, 4.69) is 47.9 Å². The third kappa shape index (κ3) is 4.91. The first-order valence-electron chi connectivity index (χ1n) is 11.8. The van der Waals surface area contributed by atoms with Crippen LogP contribution in [0.4, 0.5) is 0 Å². The minimum atomic E-state index is 0.240. The number of amides is 1. The molecule has 164 valence electrons. The molecule has 1 saturated heterocycles. The molecule has 1 saturated carbocycles. The zero-order valence-electron chi connectivity index (χ0n) is 18.9. The maximum absolute atomic E-state index is 13.4. The Morgan fingerprint density at radius 3 is 2.57 bits per heavy atom. The van der Waals surface area contributed by atoms with Gasteiger partial charge in [0, 0.05) is 31.1 Å². The first kappa shape index (κ1) is 21.4. The van der Waals surface area contributed by atoms with Gasteiger partial charge in [-0.15, -0.1) is 0 Å². The number of likely N-dealkylation sites (tertiary alicyclic amines) is 1. The Morgan fingerprint density at radius 2 is 1.93 bits per heavy atom. The number of methoxy groups -OCH3 is 1. The van der Waals surface area contributed by atoms with Crippen molar-refractivity contribution in [2.45, 2.75) is 46.1 Å². The van der Waals surface area contributed by atoms with Crippen LogP contribution in [-0.4, -0.2) is 49.0 Å². The van der Waals surface area contributed by atoms with E-state index in [4.69, 9.17) is 4.74 Å². The SMILES string of the molecule is COc1ccccc1CN1CCC(CN(CC(C)C)C(=O)[C@H]2C[C@@H]3C=C[C@H]2C3)CC1. The lowest BCUT2D eigenvalue weighted by Gasteiger charge is -2.37. The average molecular weight is 411 g/mol. The van der Waals surface area contributed by atoms with Gasteiger partial charge in [0.05, 0.1) is 7.11 Å². The van der Waals surface area contributed by atoms with Crippen LogP contribution in [0.3, 0.4) is 0 Å². The second-order valence-corrected chi connectivity index (χ2v) is 10.1. The predicted molar refractivity (Wildman–Crippen MR) is 121 cm³/mol. The van der Waals surface area contributed by atoms with Crippen LogP contribution < -0.4 is 4.74 Å². The molecule has 4 rings (SSSR count). The van der Waals surface area contributed by atoms with Crippen molar-refractivity contribution in [3.8, 4) is 5.75 Å². The Balaban J connectivity index is 1.31. The molecule has 2 fully saturated rings. The van der Waals surface area contributed by atoms with E-state index in [0.717, 1.165) is 44.9 Å². The largest absolute Gasteiger partial charge is 0.496 e. The smallest absolute Gasteiger partial charge is 0.226 e. The van der Waals surface area contributed by atoms with E-state index in [0.29, 0.717) is 29.6 Å². The van der Waals surface area contributed by atoms with Crippen LogP contribution in [0.5, 0.6) is 5.75 Å². The number of allylic oxidation sites excluding steroid dienone is 2. The Morgan fingerprint density at radius 1 is 1.17 bits per heavy atom. The maximum atomic E-state index is 13.4. The number of rotatable bonds is 8. The number of benzene rings is 1. The number of para-hydroxylation sites is 1. The van der Waals surface area contributed by atoms with Crippen LogP contribution >= 0.6 is 0 Å². The van der Waals surface area contributed by atoms with E-state index in [-0.39, 0.29) is 5.92 Å².